The second kappa shape index (κ2) is 5.42. The molecule has 116 valence electrons. The summed E-state index contributed by atoms with van der Waals surface area (Å²) in [4.78, 5) is 23.5. The molecule has 1 aromatic carbocycles. The van der Waals surface area contributed by atoms with Crippen molar-refractivity contribution in [1.29, 1.82) is 0 Å². The molecule has 0 bridgehead atoms. The quantitative estimate of drug-likeness (QED) is 0.875. The van der Waals surface area contributed by atoms with Crippen LogP contribution in [-0.4, -0.2) is 28.8 Å². The number of aromatic carboxylic acids is 1. The molecule has 6 nitrogen and oxygen atoms in total. The van der Waals surface area contributed by atoms with E-state index >= 15 is 0 Å². The maximum atomic E-state index is 14.3. The van der Waals surface area contributed by atoms with Gasteiger partial charge in [0.2, 0.25) is 5.43 Å². The number of nitrogens with zero attached hydrogens (tertiary/aromatic N) is 1. The molecule has 0 fully saturated rings. The number of ether oxygens (including phenoxy) is 1. The smallest absolute Gasteiger partial charge is 0.341 e. The fourth-order valence-corrected chi connectivity index (χ4v) is 2.70. The van der Waals surface area contributed by atoms with Gasteiger partial charge in [0.05, 0.1) is 10.9 Å². The third kappa shape index (κ3) is 2.14. The normalized spacial score (nSPS) is 14.3. The Kier molecular flexibility index (Phi) is 3.58. The van der Waals surface area contributed by atoms with E-state index in [9.17, 15) is 14.0 Å². The number of rotatable bonds is 2. The minimum atomic E-state index is -1.33. The fraction of sp³-hybridized carbons (Fsp3) is 0.333. The molecule has 0 atom stereocenters. The van der Waals surface area contributed by atoms with Crippen LogP contribution in [-0.2, 0) is 13.1 Å². The summed E-state index contributed by atoms with van der Waals surface area (Å²) in [6.45, 7) is 3.48. The van der Waals surface area contributed by atoms with Crippen LogP contribution >= 0.6 is 0 Å². The van der Waals surface area contributed by atoms with E-state index in [4.69, 9.17) is 9.84 Å². The summed E-state index contributed by atoms with van der Waals surface area (Å²) in [5, 5.41) is 12.2. The maximum absolute atomic E-state index is 14.3. The molecule has 0 aliphatic carbocycles. The van der Waals surface area contributed by atoms with Gasteiger partial charge < -0.3 is 19.7 Å². The zero-order valence-electron chi connectivity index (χ0n) is 12.0. The van der Waals surface area contributed by atoms with E-state index in [1.54, 1.807) is 4.57 Å². The first-order chi connectivity index (χ1) is 10.5. The van der Waals surface area contributed by atoms with Gasteiger partial charge in [-0.15, -0.1) is 0 Å². The first-order valence-electron chi connectivity index (χ1n) is 7.00. The number of aromatic nitrogens is 1. The molecule has 0 spiro atoms. The average molecular weight is 306 g/mol. The lowest BCUT2D eigenvalue weighted by Gasteiger charge is -2.16. The highest BCUT2D eigenvalue weighted by atomic mass is 19.1. The molecule has 0 radical (unpaired) electrons. The standard InChI is InChI=1S/C15H15FN2O4/c1-2-18-7-10(15(20)21)13(19)8-5-11(16)9-6-17-3-4-22-14(9)12(8)18/h5,7,17H,2-4,6H2,1H3,(H,20,21). The summed E-state index contributed by atoms with van der Waals surface area (Å²) in [6, 6.07) is 1.10. The van der Waals surface area contributed by atoms with E-state index in [0.29, 0.717) is 43.1 Å². The second-order valence-electron chi connectivity index (χ2n) is 5.05. The van der Waals surface area contributed by atoms with Crippen LogP contribution in [0.2, 0.25) is 0 Å². The van der Waals surface area contributed by atoms with Crippen molar-refractivity contribution in [3.63, 3.8) is 0 Å². The van der Waals surface area contributed by atoms with Crippen molar-refractivity contribution < 1.29 is 19.0 Å². The van der Waals surface area contributed by atoms with Crippen molar-refractivity contribution >= 4 is 16.9 Å². The lowest BCUT2D eigenvalue weighted by molar-refractivity contribution is 0.0695. The van der Waals surface area contributed by atoms with Gasteiger partial charge in [-0.25, -0.2) is 9.18 Å². The Hall–Kier alpha value is -2.41. The van der Waals surface area contributed by atoms with Gasteiger partial charge in [0.15, 0.2) is 5.75 Å². The third-order valence-electron chi connectivity index (χ3n) is 3.76. The van der Waals surface area contributed by atoms with E-state index in [0.717, 1.165) is 6.07 Å². The van der Waals surface area contributed by atoms with Crippen LogP contribution in [0, 0.1) is 5.82 Å². The molecule has 1 aliphatic heterocycles. The molecule has 0 unspecified atom stereocenters. The van der Waals surface area contributed by atoms with E-state index in [2.05, 4.69) is 5.32 Å². The van der Waals surface area contributed by atoms with Crippen LogP contribution in [0.3, 0.4) is 0 Å². The predicted molar refractivity (Wildman–Crippen MR) is 78.0 cm³/mol. The van der Waals surface area contributed by atoms with Gasteiger partial charge >= 0.3 is 5.97 Å². The minimum absolute atomic E-state index is 0.0277. The molecule has 0 amide bonds. The van der Waals surface area contributed by atoms with Gasteiger partial charge in [0, 0.05) is 31.4 Å². The first-order valence-corrected chi connectivity index (χ1v) is 7.00. The van der Waals surface area contributed by atoms with Crippen molar-refractivity contribution in [3.05, 3.63) is 39.4 Å². The number of carboxylic acid groups (broad SMARTS) is 1. The molecule has 2 heterocycles. The summed E-state index contributed by atoms with van der Waals surface area (Å²) >= 11 is 0. The Labute approximate surface area is 125 Å². The maximum Gasteiger partial charge on any atom is 0.341 e. The molecule has 0 saturated heterocycles. The van der Waals surface area contributed by atoms with Gasteiger partial charge in [0.25, 0.3) is 0 Å². The highest BCUT2D eigenvalue weighted by Crippen LogP contribution is 2.32. The zero-order chi connectivity index (χ0) is 15.9. The van der Waals surface area contributed by atoms with Crippen LogP contribution < -0.4 is 15.5 Å². The molecule has 1 aromatic heterocycles. The second-order valence-corrected chi connectivity index (χ2v) is 5.05. The van der Waals surface area contributed by atoms with E-state index in [1.807, 2.05) is 6.92 Å². The number of benzene rings is 1. The van der Waals surface area contributed by atoms with Gasteiger partial charge in [0.1, 0.15) is 18.0 Å². The van der Waals surface area contributed by atoms with Crippen LogP contribution in [0.1, 0.15) is 22.8 Å². The van der Waals surface area contributed by atoms with Crippen molar-refractivity contribution in [1.82, 2.24) is 9.88 Å². The molecule has 2 aromatic rings. The Morgan fingerprint density at radius 1 is 1.55 bits per heavy atom. The van der Waals surface area contributed by atoms with Crippen LogP contribution in [0.15, 0.2) is 17.1 Å². The number of hydrogen-bond donors (Lipinski definition) is 2. The Morgan fingerprint density at radius 2 is 2.32 bits per heavy atom. The van der Waals surface area contributed by atoms with Gasteiger partial charge in [-0.3, -0.25) is 4.79 Å². The SMILES string of the molecule is CCn1cc(C(=O)O)c(=O)c2cc(F)c3c(c21)OCCNC3. The molecule has 2 N–H and O–H groups in total. The predicted octanol–water partition coefficient (Wildman–Crippen LogP) is 1.34. The molecular weight excluding hydrogens is 291 g/mol. The van der Waals surface area contributed by atoms with Gasteiger partial charge in [-0.1, -0.05) is 0 Å². The topological polar surface area (TPSA) is 80.6 Å². The Bertz CT molecular complexity index is 829. The summed E-state index contributed by atoms with van der Waals surface area (Å²) in [7, 11) is 0. The van der Waals surface area contributed by atoms with Gasteiger partial charge in [-0.2, -0.15) is 0 Å². The number of nitrogens with one attached hydrogen (secondary N) is 1. The first kappa shape index (κ1) is 14.5. The number of pyridine rings is 1. The molecule has 22 heavy (non-hydrogen) atoms. The number of hydrogen-bond acceptors (Lipinski definition) is 4. The van der Waals surface area contributed by atoms with E-state index in [1.165, 1.54) is 6.20 Å². The van der Waals surface area contributed by atoms with Crippen LogP contribution in [0.25, 0.3) is 10.9 Å². The van der Waals surface area contributed by atoms with Crippen molar-refractivity contribution in [2.75, 3.05) is 13.2 Å². The number of carbonyl (C=O) groups is 1. The lowest BCUT2D eigenvalue weighted by Crippen LogP contribution is -2.20. The summed E-state index contributed by atoms with van der Waals surface area (Å²) < 4.78 is 21.6. The highest BCUT2D eigenvalue weighted by molar-refractivity contribution is 5.95. The monoisotopic (exact) mass is 306 g/mol. The fourth-order valence-electron chi connectivity index (χ4n) is 2.70. The molecule has 3 rings (SSSR count). The molecule has 7 heteroatoms. The average Bonchev–Trinajstić information content (AvgIpc) is 2.74. The summed E-state index contributed by atoms with van der Waals surface area (Å²) in [6.07, 6.45) is 1.28. The van der Waals surface area contributed by atoms with Crippen molar-refractivity contribution in [2.45, 2.75) is 20.0 Å². The lowest BCUT2D eigenvalue weighted by atomic mass is 10.1. The van der Waals surface area contributed by atoms with Gasteiger partial charge in [-0.05, 0) is 13.0 Å². The summed E-state index contributed by atoms with van der Waals surface area (Å²) in [5.41, 5.74) is -0.276. The molecule has 1 aliphatic rings. The number of carboxylic acids is 1. The highest BCUT2D eigenvalue weighted by Gasteiger charge is 2.23. The number of fused-ring (bicyclic) bond motifs is 3. The Morgan fingerprint density at radius 3 is 3.00 bits per heavy atom. The minimum Gasteiger partial charge on any atom is -0.490 e. The third-order valence-corrected chi connectivity index (χ3v) is 3.76. The summed E-state index contributed by atoms with van der Waals surface area (Å²) in [5.74, 6) is -1.58. The number of aryl methyl sites for hydroxylation is 1. The van der Waals surface area contributed by atoms with Crippen molar-refractivity contribution in [2.24, 2.45) is 0 Å². The van der Waals surface area contributed by atoms with Crippen LogP contribution in [0.5, 0.6) is 5.75 Å². The molecule has 0 saturated carbocycles. The van der Waals surface area contributed by atoms with Crippen LogP contribution in [0.4, 0.5) is 4.39 Å². The molecular formula is C15H15FN2O4. The Balaban J connectivity index is 2.47. The largest absolute Gasteiger partial charge is 0.490 e. The number of halogens is 1. The zero-order valence-corrected chi connectivity index (χ0v) is 12.0. The van der Waals surface area contributed by atoms with E-state index in [-0.39, 0.29) is 10.9 Å². The van der Waals surface area contributed by atoms with Crippen molar-refractivity contribution in [3.8, 4) is 5.75 Å². The van der Waals surface area contributed by atoms with E-state index < -0.39 is 17.2 Å².